The van der Waals surface area contributed by atoms with Gasteiger partial charge in [0.2, 0.25) is 6.33 Å². The van der Waals surface area contributed by atoms with Gasteiger partial charge in [0.15, 0.2) is 0 Å². The molecule has 9 aromatic rings. The van der Waals surface area contributed by atoms with E-state index in [1.165, 1.54) is 42.4 Å². The number of fused-ring (bicyclic) bond motifs is 3. The summed E-state index contributed by atoms with van der Waals surface area (Å²) in [5, 5.41) is 2.61. The van der Waals surface area contributed by atoms with Crippen molar-refractivity contribution in [2.45, 2.75) is 25.7 Å². The minimum atomic E-state index is 0. The molecule has 54 heavy (non-hydrogen) atoms. The van der Waals surface area contributed by atoms with Gasteiger partial charge >= 0.3 is 0 Å². The predicted octanol–water partition coefficient (Wildman–Crippen LogP) is 10.2. The van der Waals surface area contributed by atoms with Crippen LogP contribution in [0, 0.1) is 24.5 Å². The molecule has 0 aliphatic rings. The first-order valence-corrected chi connectivity index (χ1v) is 18.7. The van der Waals surface area contributed by atoms with Crippen LogP contribution in [0.4, 0.5) is 0 Å². The van der Waals surface area contributed by atoms with E-state index in [4.69, 9.17) is 0 Å². The number of pyridine rings is 2. The third kappa shape index (κ3) is 8.81. The Bertz CT molecular complexity index is 2560. The first kappa shape index (κ1) is 36.8. The molecule has 0 aliphatic carbocycles. The molecular weight excluding hydrogens is 857 g/mol. The summed E-state index contributed by atoms with van der Waals surface area (Å²) >= 11 is 1.81. The summed E-state index contributed by atoms with van der Waals surface area (Å²) in [5.41, 5.74) is 10.4. The van der Waals surface area contributed by atoms with Crippen molar-refractivity contribution >= 4 is 31.5 Å². The van der Waals surface area contributed by atoms with E-state index >= 15 is 0 Å². The Morgan fingerprint density at radius 2 is 1.44 bits per heavy atom. The molecule has 0 spiro atoms. The van der Waals surface area contributed by atoms with Crippen molar-refractivity contribution in [3.8, 4) is 28.2 Å². The number of hydrogen-bond acceptors (Lipinski definition) is 3. The van der Waals surface area contributed by atoms with Gasteiger partial charge in [0.25, 0.3) is 0 Å². The van der Waals surface area contributed by atoms with Gasteiger partial charge in [-0.3, -0.25) is 0 Å². The molecule has 1 radical (unpaired) electrons. The van der Waals surface area contributed by atoms with Crippen LogP contribution in [0.3, 0.4) is 0 Å². The van der Waals surface area contributed by atoms with Crippen molar-refractivity contribution < 1.29 is 24.7 Å². The number of nitrogens with zero attached hydrogens (tertiary/aromatic N) is 4. The summed E-state index contributed by atoms with van der Waals surface area (Å²) in [6.07, 6.45) is 15.0. The molecule has 0 fully saturated rings. The molecular formula is C48H37IrN4S-3. The molecule has 0 amide bonds. The number of aryl methyl sites for hydroxylation is 5. The zero-order chi connectivity index (χ0) is 35.8. The summed E-state index contributed by atoms with van der Waals surface area (Å²) in [5.74, 6) is 0. The molecule has 0 atom stereocenters. The van der Waals surface area contributed by atoms with Crippen LogP contribution in [0.25, 0.3) is 48.4 Å². The molecule has 4 heterocycles. The van der Waals surface area contributed by atoms with Gasteiger partial charge in [0, 0.05) is 49.6 Å². The summed E-state index contributed by atoms with van der Waals surface area (Å²) in [6, 6.07) is 56.2. The van der Waals surface area contributed by atoms with Crippen LogP contribution in [0.15, 0.2) is 158 Å². The molecule has 4 aromatic heterocycles. The average Bonchev–Trinajstić information content (AvgIpc) is 3.84. The summed E-state index contributed by atoms with van der Waals surface area (Å²) in [6.45, 7) is 0. The molecule has 0 N–H and O–H groups in total. The van der Waals surface area contributed by atoms with Gasteiger partial charge in [0.05, 0.1) is 7.05 Å². The largest absolute Gasteiger partial charge is 0.348 e. The van der Waals surface area contributed by atoms with Crippen molar-refractivity contribution in [1.82, 2.24) is 14.5 Å². The van der Waals surface area contributed by atoms with Crippen LogP contribution in [0.1, 0.15) is 22.3 Å². The van der Waals surface area contributed by atoms with Gasteiger partial charge < -0.3 is 19.1 Å². The standard InChI is InChI=1S/C31H27N3.C17H10NS.Ir/c1-33-20-21-34(24-33)30-17-14-25(15-18-30)10-11-26-6-5-7-27(22-26)12-13-28-16-19-31(32-23-28)29-8-3-2-4-9-29;1-2-10-16-12(6-1)13-7-5-8-14(17(13)19-16)15-9-3-4-11-18-15;/h2-8,14-17,19-23H,10-13H2,1H3;1-7,9-11H;/q-2;-1;. The SMILES string of the molecule is C[n+]1[c-]n(-c2[c-]cc(CCc3cccc(CCc4ccc(-c5[c-]cccc5)nc4)c3)cc2)cc1.[Ir].[c-]1ccc2c(sc3ccccc32)c1-c1ccccn1. The number of thiophene rings is 1. The normalized spacial score (nSPS) is 10.8. The van der Waals surface area contributed by atoms with Gasteiger partial charge in [-0.15, -0.1) is 59.7 Å². The van der Waals surface area contributed by atoms with Crippen LogP contribution in [-0.2, 0) is 52.8 Å². The molecule has 9 rings (SSSR count). The van der Waals surface area contributed by atoms with Gasteiger partial charge in [-0.05, 0) is 69.6 Å². The maximum atomic E-state index is 4.63. The molecule has 0 unspecified atom stereocenters. The molecule has 0 saturated heterocycles. The summed E-state index contributed by atoms with van der Waals surface area (Å²) < 4.78 is 6.44. The second kappa shape index (κ2) is 17.5. The van der Waals surface area contributed by atoms with Crippen LogP contribution in [0.2, 0.25) is 0 Å². The zero-order valence-electron chi connectivity index (χ0n) is 29.9. The maximum absolute atomic E-state index is 4.63. The topological polar surface area (TPSA) is 34.6 Å². The van der Waals surface area contributed by atoms with E-state index in [2.05, 4.69) is 119 Å². The van der Waals surface area contributed by atoms with Crippen LogP contribution in [-0.4, -0.2) is 14.5 Å². The number of rotatable bonds is 9. The monoisotopic (exact) mass is 894 g/mol. The Labute approximate surface area is 334 Å². The van der Waals surface area contributed by atoms with Crippen molar-refractivity contribution in [3.63, 3.8) is 0 Å². The first-order valence-electron chi connectivity index (χ1n) is 17.9. The third-order valence-corrected chi connectivity index (χ3v) is 10.5. The quantitative estimate of drug-likeness (QED) is 0.107. The van der Waals surface area contributed by atoms with E-state index in [9.17, 15) is 0 Å². The second-order valence-corrected chi connectivity index (χ2v) is 14.1. The van der Waals surface area contributed by atoms with Gasteiger partial charge in [-0.2, -0.15) is 41.2 Å². The Balaban J connectivity index is 0.000000190. The Kier molecular flexibility index (Phi) is 12.0. The van der Waals surface area contributed by atoms with Gasteiger partial charge in [-0.1, -0.05) is 84.2 Å². The number of aromatic nitrogens is 4. The first-order chi connectivity index (χ1) is 26.2. The molecule has 4 nitrogen and oxygen atoms in total. The van der Waals surface area contributed by atoms with Crippen molar-refractivity contribution in [2.75, 3.05) is 0 Å². The summed E-state index contributed by atoms with van der Waals surface area (Å²) in [7, 11) is 1.97. The smallest absolute Gasteiger partial charge is 0.241 e. The zero-order valence-corrected chi connectivity index (χ0v) is 33.1. The molecule has 267 valence electrons. The molecule has 5 aromatic carbocycles. The van der Waals surface area contributed by atoms with E-state index in [0.717, 1.165) is 53.9 Å². The van der Waals surface area contributed by atoms with Crippen LogP contribution in [0.5, 0.6) is 0 Å². The number of imidazole rings is 1. The Morgan fingerprint density at radius 1 is 0.648 bits per heavy atom. The molecule has 0 bridgehead atoms. The summed E-state index contributed by atoms with van der Waals surface area (Å²) in [4.78, 5) is 9.07. The van der Waals surface area contributed by atoms with E-state index < -0.39 is 0 Å². The Morgan fingerprint density at radius 3 is 2.17 bits per heavy atom. The van der Waals surface area contributed by atoms with Gasteiger partial charge in [-0.25, -0.2) is 0 Å². The maximum Gasteiger partial charge on any atom is 0.241 e. The fraction of sp³-hybridized carbons (Fsp3) is 0.104. The van der Waals surface area contributed by atoms with Crippen molar-refractivity contribution in [2.24, 2.45) is 7.05 Å². The fourth-order valence-corrected chi connectivity index (χ4v) is 7.69. The predicted molar refractivity (Wildman–Crippen MR) is 216 cm³/mol. The van der Waals surface area contributed by atoms with E-state index in [1.54, 1.807) is 0 Å². The molecule has 0 aliphatic heterocycles. The Hall–Kier alpha value is -5.52. The van der Waals surface area contributed by atoms with Crippen molar-refractivity contribution in [3.05, 3.63) is 205 Å². The van der Waals surface area contributed by atoms with Crippen molar-refractivity contribution in [1.29, 1.82) is 0 Å². The number of benzene rings is 5. The van der Waals surface area contributed by atoms with Crippen LogP contribution < -0.4 is 4.57 Å². The molecule has 6 heteroatoms. The third-order valence-electron chi connectivity index (χ3n) is 9.29. The minimum Gasteiger partial charge on any atom is -0.348 e. The fourth-order valence-electron chi connectivity index (χ4n) is 6.49. The minimum absolute atomic E-state index is 0. The van der Waals surface area contributed by atoms with Gasteiger partial charge in [0.1, 0.15) is 0 Å². The van der Waals surface area contributed by atoms with E-state index in [1.807, 2.05) is 101 Å². The van der Waals surface area contributed by atoms with E-state index in [0.29, 0.717) is 0 Å². The average molecular weight is 894 g/mol. The number of hydrogen-bond donors (Lipinski definition) is 0. The molecule has 0 saturated carbocycles. The second-order valence-electron chi connectivity index (χ2n) is 13.0. The van der Waals surface area contributed by atoms with E-state index in [-0.39, 0.29) is 20.1 Å². The van der Waals surface area contributed by atoms with Crippen LogP contribution >= 0.6 is 11.3 Å².